The Morgan fingerprint density at radius 1 is 1.13 bits per heavy atom. The van der Waals surface area contributed by atoms with E-state index in [0.29, 0.717) is 0 Å². The van der Waals surface area contributed by atoms with Crippen LogP contribution in [0.25, 0.3) is 0 Å². The quantitative estimate of drug-likeness (QED) is 0.457. The minimum Gasteiger partial charge on any atom is -0.478 e. The molecule has 4 nitrogen and oxygen atoms in total. The fourth-order valence-electron chi connectivity index (χ4n) is 3.26. The summed E-state index contributed by atoms with van der Waals surface area (Å²) < 4.78 is 4.20. The van der Waals surface area contributed by atoms with Crippen LogP contribution in [0.15, 0.2) is 6.20 Å². The van der Waals surface area contributed by atoms with E-state index in [9.17, 15) is 9.90 Å². The molecule has 1 aromatic heterocycles. The van der Waals surface area contributed by atoms with Gasteiger partial charge in [0.1, 0.15) is 11.9 Å². The van der Waals surface area contributed by atoms with Gasteiger partial charge in [-0.2, -0.15) is 0 Å². The zero-order valence-electron chi connectivity index (χ0n) is 15.5. The van der Waals surface area contributed by atoms with Crippen molar-refractivity contribution in [2.75, 3.05) is 0 Å². The number of rotatable bonds is 12. The fourth-order valence-corrected chi connectivity index (χ4v) is 3.26. The van der Waals surface area contributed by atoms with Gasteiger partial charge in [-0.1, -0.05) is 51.9 Å². The monoisotopic (exact) mass is 323 g/mol. The average molecular weight is 324 g/mol. The first kappa shape index (κ1) is 19.7. The van der Waals surface area contributed by atoms with Gasteiger partial charge in [-0.15, -0.1) is 0 Å². The molecule has 0 spiro atoms. The lowest BCUT2D eigenvalue weighted by atomic mass is 10.1. The van der Waals surface area contributed by atoms with Crippen LogP contribution < -0.4 is 4.57 Å². The first-order valence-corrected chi connectivity index (χ1v) is 9.35. The maximum absolute atomic E-state index is 11.3. The average Bonchev–Trinajstić information content (AvgIpc) is 2.84. The first-order valence-electron chi connectivity index (χ1n) is 9.35. The molecule has 0 radical (unpaired) electrons. The topological polar surface area (TPSA) is 46.1 Å². The molecule has 1 atom stereocenters. The molecule has 0 aliphatic rings. The van der Waals surface area contributed by atoms with Crippen LogP contribution in [0.1, 0.15) is 89.7 Å². The van der Waals surface area contributed by atoms with Gasteiger partial charge in [0.25, 0.3) is 5.82 Å². The highest BCUT2D eigenvalue weighted by Crippen LogP contribution is 2.13. The lowest BCUT2D eigenvalue weighted by Crippen LogP contribution is -2.44. The van der Waals surface area contributed by atoms with Crippen molar-refractivity contribution in [1.29, 1.82) is 0 Å². The van der Waals surface area contributed by atoms with Crippen LogP contribution in [0, 0.1) is 6.92 Å². The van der Waals surface area contributed by atoms with Crippen molar-refractivity contribution in [2.45, 2.75) is 98.1 Å². The SMILES string of the molecule is CCCCCCCCCCc1n(CC)c(C)c[n+]1C(C)C(=O)O. The molecule has 0 aliphatic carbocycles. The molecule has 0 fully saturated rings. The molecule has 1 unspecified atom stereocenters. The summed E-state index contributed by atoms with van der Waals surface area (Å²) in [5.41, 5.74) is 1.15. The molecule has 0 amide bonds. The Hall–Kier alpha value is -1.32. The Bertz CT molecular complexity index is 480. The van der Waals surface area contributed by atoms with Crippen molar-refractivity contribution in [2.24, 2.45) is 0 Å². The highest BCUT2D eigenvalue weighted by atomic mass is 16.4. The highest BCUT2D eigenvalue weighted by molar-refractivity contribution is 5.69. The summed E-state index contributed by atoms with van der Waals surface area (Å²) >= 11 is 0. The molecule has 0 saturated carbocycles. The number of aliphatic carboxylic acids is 1. The van der Waals surface area contributed by atoms with E-state index in [2.05, 4.69) is 25.3 Å². The van der Waals surface area contributed by atoms with Gasteiger partial charge < -0.3 is 5.11 Å². The fraction of sp³-hybridized carbons (Fsp3) is 0.789. The minimum absolute atomic E-state index is 0.495. The van der Waals surface area contributed by atoms with Gasteiger partial charge in [-0.05, 0) is 20.3 Å². The van der Waals surface area contributed by atoms with E-state index in [1.165, 1.54) is 44.9 Å². The summed E-state index contributed by atoms with van der Waals surface area (Å²) in [6.07, 6.45) is 13.3. The molecule has 0 bridgehead atoms. The second-order valence-corrected chi connectivity index (χ2v) is 6.58. The third-order valence-corrected chi connectivity index (χ3v) is 4.71. The number of unbranched alkanes of at least 4 members (excludes halogenated alkanes) is 7. The highest BCUT2D eigenvalue weighted by Gasteiger charge is 2.27. The van der Waals surface area contributed by atoms with Crippen LogP contribution in [0.4, 0.5) is 0 Å². The molecule has 1 rings (SSSR count). The van der Waals surface area contributed by atoms with Crippen LogP contribution >= 0.6 is 0 Å². The number of nitrogens with zero attached hydrogens (tertiary/aromatic N) is 2. The number of carbonyl (C=O) groups is 1. The van der Waals surface area contributed by atoms with E-state index in [-0.39, 0.29) is 0 Å². The zero-order chi connectivity index (χ0) is 17.2. The smallest absolute Gasteiger partial charge is 0.349 e. The summed E-state index contributed by atoms with van der Waals surface area (Å²) in [6, 6.07) is -0.495. The molecular weight excluding hydrogens is 288 g/mol. The second kappa shape index (κ2) is 10.5. The van der Waals surface area contributed by atoms with Gasteiger partial charge in [0.05, 0.1) is 6.54 Å². The maximum atomic E-state index is 11.3. The van der Waals surface area contributed by atoms with Gasteiger partial charge in [-0.3, -0.25) is 0 Å². The number of aromatic nitrogens is 2. The summed E-state index contributed by atoms with van der Waals surface area (Å²) in [4.78, 5) is 11.3. The predicted octanol–water partition coefficient (Wildman–Crippen LogP) is 4.43. The lowest BCUT2D eigenvalue weighted by molar-refractivity contribution is -0.714. The first-order chi connectivity index (χ1) is 11.0. The van der Waals surface area contributed by atoms with Crippen molar-refractivity contribution in [1.82, 2.24) is 4.57 Å². The van der Waals surface area contributed by atoms with E-state index in [1.807, 2.05) is 10.8 Å². The Kier molecular flexibility index (Phi) is 8.97. The van der Waals surface area contributed by atoms with Crippen molar-refractivity contribution >= 4 is 5.97 Å². The summed E-state index contributed by atoms with van der Waals surface area (Å²) in [5, 5.41) is 9.32. The third-order valence-electron chi connectivity index (χ3n) is 4.71. The van der Waals surface area contributed by atoms with Crippen molar-refractivity contribution in [3.63, 3.8) is 0 Å². The van der Waals surface area contributed by atoms with Crippen LogP contribution in [0.3, 0.4) is 0 Å². The summed E-state index contributed by atoms with van der Waals surface area (Å²) in [6.45, 7) is 9.10. The maximum Gasteiger partial charge on any atom is 0.349 e. The number of carboxylic acids is 1. The van der Waals surface area contributed by atoms with Gasteiger partial charge in [0, 0.05) is 13.3 Å². The summed E-state index contributed by atoms with van der Waals surface area (Å²) in [7, 11) is 0. The molecule has 1 aromatic rings. The molecular formula is C19H35N2O2+. The number of hydrogen-bond donors (Lipinski definition) is 1. The molecule has 0 saturated heterocycles. The summed E-state index contributed by atoms with van der Waals surface area (Å²) in [5.74, 6) is 0.395. The number of carboxylic acid groups (broad SMARTS) is 1. The molecule has 1 heterocycles. The van der Waals surface area contributed by atoms with E-state index >= 15 is 0 Å². The molecule has 0 aromatic carbocycles. The molecule has 1 N–H and O–H groups in total. The third kappa shape index (κ3) is 6.00. The predicted molar refractivity (Wildman–Crippen MR) is 93.7 cm³/mol. The van der Waals surface area contributed by atoms with Crippen LogP contribution in [0.5, 0.6) is 0 Å². The van der Waals surface area contributed by atoms with Gasteiger partial charge in [0.2, 0.25) is 0 Å². The second-order valence-electron chi connectivity index (χ2n) is 6.58. The van der Waals surface area contributed by atoms with Crippen LogP contribution in [-0.4, -0.2) is 15.6 Å². The van der Waals surface area contributed by atoms with Crippen molar-refractivity contribution < 1.29 is 14.5 Å². The standard InChI is InChI=1S/C19H34N2O2/c1-5-7-8-9-10-11-12-13-14-18-20(6-2)16(3)15-21(18)17(4)19(22)23/h15,17H,5-14H2,1-4H3/p+1. The van der Waals surface area contributed by atoms with E-state index in [4.69, 9.17) is 0 Å². The van der Waals surface area contributed by atoms with Crippen molar-refractivity contribution in [3.8, 4) is 0 Å². The Labute approximate surface area is 141 Å². The van der Waals surface area contributed by atoms with Gasteiger partial charge >= 0.3 is 5.97 Å². The van der Waals surface area contributed by atoms with Crippen LogP contribution in [0.2, 0.25) is 0 Å². The lowest BCUT2D eigenvalue weighted by Gasteiger charge is -2.08. The number of aryl methyl sites for hydroxylation is 1. The Morgan fingerprint density at radius 3 is 2.22 bits per heavy atom. The van der Waals surface area contributed by atoms with Crippen molar-refractivity contribution in [3.05, 3.63) is 17.7 Å². The number of imidazole rings is 1. The van der Waals surface area contributed by atoms with E-state index in [1.54, 1.807) is 6.92 Å². The Balaban J connectivity index is 2.53. The molecule has 23 heavy (non-hydrogen) atoms. The minimum atomic E-state index is -0.763. The zero-order valence-corrected chi connectivity index (χ0v) is 15.5. The number of hydrogen-bond acceptors (Lipinski definition) is 1. The van der Waals surface area contributed by atoms with Gasteiger partial charge in [-0.25, -0.2) is 13.9 Å². The largest absolute Gasteiger partial charge is 0.478 e. The van der Waals surface area contributed by atoms with E-state index in [0.717, 1.165) is 30.9 Å². The van der Waals surface area contributed by atoms with Crippen LogP contribution in [-0.2, 0) is 17.8 Å². The normalized spacial score (nSPS) is 12.5. The molecule has 132 valence electrons. The molecule has 0 aliphatic heterocycles. The van der Waals surface area contributed by atoms with Gasteiger partial charge in [0.15, 0.2) is 6.04 Å². The van der Waals surface area contributed by atoms with E-state index < -0.39 is 12.0 Å². The Morgan fingerprint density at radius 2 is 1.70 bits per heavy atom. The molecule has 4 heteroatoms.